The van der Waals surface area contributed by atoms with Crippen LogP contribution in [0.3, 0.4) is 0 Å². The van der Waals surface area contributed by atoms with Gasteiger partial charge in [0.2, 0.25) is 0 Å². The number of halogens is 2. The van der Waals surface area contributed by atoms with Crippen LogP contribution in [-0.4, -0.2) is 10.7 Å². The molecule has 2 aromatic carbocycles. The van der Waals surface area contributed by atoms with Gasteiger partial charge in [0.15, 0.2) is 0 Å². The summed E-state index contributed by atoms with van der Waals surface area (Å²) in [5.74, 6) is 0. The number of pyridine rings is 1. The largest absolute Gasteiger partial charge is 0.278 e. The number of hydrogen-bond acceptors (Lipinski definition) is 3. The van der Waals surface area contributed by atoms with E-state index in [1.807, 2.05) is 60.7 Å². The highest BCUT2D eigenvalue weighted by molar-refractivity contribution is 6.33. The van der Waals surface area contributed by atoms with Crippen molar-refractivity contribution in [3.05, 3.63) is 94.2 Å². The first-order valence-corrected chi connectivity index (χ1v) is 7.75. The molecule has 0 unspecified atom stereocenters. The van der Waals surface area contributed by atoms with Crippen LogP contribution in [0.1, 0.15) is 11.1 Å². The van der Waals surface area contributed by atoms with Crippen molar-refractivity contribution in [3.8, 4) is 0 Å². The summed E-state index contributed by atoms with van der Waals surface area (Å²) in [6, 6.07) is 23.0. The van der Waals surface area contributed by atoms with E-state index in [-0.39, 0.29) is 0 Å². The third kappa shape index (κ3) is 4.09. The Labute approximate surface area is 144 Å². The molecule has 0 saturated heterocycles. The minimum atomic E-state index is 0.329. The molecular weight excluding hydrogens is 329 g/mol. The lowest BCUT2D eigenvalue weighted by Gasteiger charge is -2.09. The smallest absolute Gasteiger partial charge is 0.131 e. The summed E-state index contributed by atoms with van der Waals surface area (Å²) in [6.07, 6.45) is 0. The highest BCUT2D eigenvalue weighted by Crippen LogP contribution is 2.19. The van der Waals surface area contributed by atoms with Crippen molar-refractivity contribution in [2.75, 3.05) is 5.43 Å². The average molecular weight is 342 g/mol. The minimum Gasteiger partial charge on any atom is -0.278 e. The van der Waals surface area contributed by atoms with Crippen LogP contribution in [0, 0.1) is 0 Å². The SMILES string of the molecule is Clc1cc(C(=NNc2ccccc2)c2ccccc2)cc(Cl)n1. The van der Waals surface area contributed by atoms with Gasteiger partial charge in [-0.25, -0.2) is 4.98 Å². The molecule has 0 spiro atoms. The molecule has 0 aliphatic heterocycles. The van der Waals surface area contributed by atoms with Crippen molar-refractivity contribution in [1.29, 1.82) is 0 Å². The zero-order valence-corrected chi connectivity index (χ0v) is 13.6. The first-order valence-electron chi connectivity index (χ1n) is 7.00. The molecule has 0 amide bonds. The highest BCUT2D eigenvalue weighted by Gasteiger charge is 2.10. The Morgan fingerprint density at radius 2 is 1.35 bits per heavy atom. The maximum Gasteiger partial charge on any atom is 0.131 e. The molecule has 0 aliphatic carbocycles. The molecule has 23 heavy (non-hydrogen) atoms. The van der Waals surface area contributed by atoms with E-state index in [0.717, 1.165) is 22.5 Å². The molecule has 5 heteroatoms. The van der Waals surface area contributed by atoms with E-state index in [1.165, 1.54) is 0 Å². The maximum atomic E-state index is 6.03. The van der Waals surface area contributed by atoms with E-state index in [0.29, 0.717) is 10.3 Å². The van der Waals surface area contributed by atoms with Crippen LogP contribution in [0.5, 0.6) is 0 Å². The fraction of sp³-hybridized carbons (Fsp3) is 0. The number of hydrazone groups is 1. The van der Waals surface area contributed by atoms with Gasteiger partial charge < -0.3 is 0 Å². The van der Waals surface area contributed by atoms with Gasteiger partial charge in [0.1, 0.15) is 10.3 Å². The lowest BCUT2D eigenvalue weighted by atomic mass is 10.0. The van der Waals surface area contributed by atoms with Crippen molar-refractivity contribution in [2.24, 2.45) is 5.10 Å². The van der Waals surface area contributed by atoms with Crippen LogP contribution in [0.4, 0.5) is 5.69 Å². The number of nitrogens with one attached hydrogen (secondary N) is 1. The number of para-hydroxylation sites is 1. The van der Waals surface area contributed by atoms with Gasteiger partial charge in [-0.15, -0.1) is 0 Å². The van der Waals surface area contributed by atoms with Crippen LogP contribution >= 0.6 is 23.2 Å². The topological polar surface area (TPSA) is 37.3 Å². The first-order chi connectivity index (χ1) is 11.2. The predicted molar refractivity (Wildman–Crippen MR) is 96.4 cm³/mol. The van der Waals surface area contributed by atoms with E-state index >= 15 is 0 Å². The third-order valence-corrected chi connectivity index (χ3v) is 3.54. The minimum absolute atomic E-state index is 0.329. The molecule has 3 nitrogen and oxygen atoms in total. The number of anilines is 1. The Hall–Kier alpha value is -2.36. The van der Waals surface area contributed by atoms with Crippen molar-refractivity contribution in [3.63, 3.8) is 0 Å². The predicted octanol–water partition coefficient (Wildman–Crippen LogP) is 5.25. The number of aromatic nitrogens is 1. The quantitative estimate of drug-likeness (QED) is 0.399. The summed E-state index contributed by atoms with van der Waals surface area (Å²) in [6.45, 7) is 0. The van der Waals surface area contributed by atoms with E-state index in [1.54, 1.807) is 12.1 Å². The monoisotopic (exact) mass is 341 g/mol. The first kappa shape index (κ1) is 15.5. The third-order valence-electron chi connectivity index (χ3n) is 3.15. The molecule has 0 aliphatic rings. The molecule has 1 aromatic heterocycles. The van der Waals surface area contributed by atoms with Crippen LogP contribution in [0.25, 0.3) is 0 Å². The molecule has 3 aromatic rings. The summed E-state index contributed by atoms with van der Waals surface area (Å²) >= 11 is 12.1. The van der Waals surface area contributed by atoms with Crippen LogP contribution < -0.4 is 5.43 Å². The molecule has 1 heterocycles. The van der Waals surface area contributed by atoms with Crippen LogP contribution in [0.15, 0.2) is 77.9 Å². The van der Waals surface area contributed by atoms with Crippen molar-refractivity contribution < 1.29 is 0 Å². The average Bonchev–Trinajstić information content (AvgIpc) is 2.56. The number of nitrogens with zero attached hydrogens (tertiary/aromatic N) is 2. The molecular formula is C18H13Cl2N3. The summed E-state index contributed by atoms with van der Waals surface area (Å²) < 4.78 is 0. The maximum absolute atomic E-state index is 6.03. The van der Waals surface area contributed by atoms with E-state index in [4.69, 9.17) is 23.2 Å². The molecule has 0 bridgehead atoms. The molecule has 0 atom stereocenters. The summed E-state index contributed by atoms with van der Waals surface area (Å²) in [4.78, 5) is 3.98. The second-order valence-electron chi connectivity index (χ2n) is 4.81. The lowest BCUT2D eigenvalue weighted by Crippen LogP contribution is -2.07. The normalized spacial score (nSPS) is 11.3. The van der Waals surface area contributed by atoms with E-state index in [9.17, 15) is 0 Å². The molecule has 114 valence electrons. The Morgan fingerprint density at radius 1 is 0.783 bits per heavy atom. The zero-order chi connectivity index (χ0) is 16.1. The van der Waals surface area contributed by atoms with Gasteiger partial charge in [0.05, 0.1) is 11.4 Å². The van der Waals surface area contributed by atoms with Crippen LogP contribution in [-0.2, 0) is 0 Å². The van der Waals surface area contributed by atoms with E-state index < -0.39 is 0 Å². The summed E-state index contributed by atoms with van der Waals surface area (Å²) in [5.41, 5.74) is 6.44. The fourth-order valence-corrected chi connectivity index (χ4v) is 2.59. The highest BCUT2D eigenvalue weighted by atomic mass is 35.5. The molecule has 1 N–H and O–H groups in total. The van der Waals surface area contributed by atoms with Gasteiger partial charge >= 0.3 is 0 Å². The van der Waals surface area contributed by atoms with Gasteiger partial charge in [0, 0.05) is 11.1 Å². The lowest BCUT2D eigenvalue weighted by molar-refractivity contribution is 1.29. The Morgan fingerprint density at radius 3 is 1.96 bits per heavy atom. The number of benzene rings is 2. The number of hydrogen-bond donors (Lipinski definition) is 1. The summed E-state index contributed by atoms with van der Waals surface area (Å²) in [5, 5.41) is 5.20. The van der Waals surface area contributed by atoms with Gasteiger partial charge in [-0.1, -0.05) is 71.7 Å². The Kier molecular flexibility index (Phi) is 4.91. The Balaban J connectivity index is 2.03. The standard InChI is InChI=1S/C18H13Cl2N3/c19-16-11-14(12-17(20)21-16)18(13-7-3-1-4-8-13)23-22-15-9-5-2-6-10-15/h1-12,22H. The van der Waals surface area contributed by atoms with Gasteiger partial charge in [-0.3, -0.25) is 5.43 Å². The fourth-order valence-electron chi connectivity index (χ4n) is 2.13. The second kappa shape index (κ2) is 7.27. The van der Waals surface area contributed by atoms with Crippen molar-refractivity contribution in [2.45, 2.75) is 0 Å². The van der Waals surface area contributed by atoms with Gasteiger partial charge in [-0.2, -0.15) is 5.10 Å². The van der Waals surface area contributed by atoms with Gasteiger partial charge in [0.25, 0.3) is 0 Å². The van der Waals surface area contributed by atoms with Crippen LogP contribution in [0.2, 0.25) is 10.3 Å². The van der Waals surface area contributed by atoms with E-state index in [2.05, 4.69) is 15.5 Å². The molecule has 3 rings (SSSR count). The van der Waals surface area contributed by atoms with Crippen molar-refractivity contribution >= 4 is 34.6 Å². The second-order valence-corrected chi connectivity index (χ2v) is 5.58. The molecule has 0 radical (unpaired) electrons. The zero-order valence-electron chi connectivity index (χ0n) is 12.1. The Bertz CT molecular complexity index is 798. The number of rotatable bonds is 4. The molecule has 0 saturated carbocycles. The molecule has 0 fully saturated rings. The van der Waals surface area contributed by atoms with Crippen molar-refractivity contribution in [1.82, 2.24) is 4.98 Å². The summed E-state index contributed by atoms with van der Waals surface area (Å²) in [7, 11) is 0. The van der Waals surface area contributed by atoms with Gasteiger partial charge in [-0.05, 0) is 24.3 Å².